The van der Waals surface area contributed by atoms with Crippen LogP contribution in [0.3, 0.4) is 0 Å². The topological polar surface area (TPSA) is 74.0 Å². The van der Waals surface area contributed by atoms with E-state index in [1.807, 2.05) is 60.7 Å². The Kier molecular flexibility index (Phi) is 7.39. The van der Waals surface area contributed by atoms with Crippen LogP contribution in [0.4, 0.5) is 0 Å². The molecule has 0 spiro atoms. The lowest BCUT2D eigenvalue weighted by molar-refractivity contribution is 0.100. The molecule has 186 valence electrons. The molecule has 6 nitrogen and oxygen atoms in total. The number of carbonyl (C=O) groups is 1. The number of fused-ring (bicyclic) bond motifs is 1. The second-order valence-corrected chi connectivity index (χ2v) is 9.97. The fourth-order valence-corrected chi connectivity index (χ4v) is 5.40. The quantitative estimate of drug-likeness (QED) is 0.289. The first kappa shape index (κ1) is 24.2. The molecule has 0 aliphatic carbocycles. The van der Waals surface area contributed by atoms with E-state index >= 15 is 0 Å². The molecule has 1 aliphatic rings. The van der Waals surface area contributed by atoms with Gasteiger partial charge in [0.1, 0.15) is 29.6 Å². The Balaban J connectivity index is 1.38. The number of ether oxygens (including phenoxy) is 3. The maximum atomic E-state index is 11.7. The van der Waals surface area contributed by atoms with Gasteiger partial charge in [0.15, 0.2) is 0 Å². The number of carbonyl (C=O) groups excluding carboxylic acids is 1. The molecule has 1 aliphatic heterocycles. The van der Waals surface area contributed by atoms with Crippen molar-refractivity contribution in [3.63, 3.8) is 0 Å². The van der Waals surface area contributed by atoms with Crippen molar-refractivity contribution < 1.29 is 19.0 Å². The zero-order chi connectivity index (χ0) is 24.9. The molecule has 2 N–H and O–H groups in total. The maximum absolute atomic E-state index is 11.7. The number of piperidine rings is 1. The van der Waals surface area contributed by atoms with Gasteiger partial charge in [-0.05, 0) is 92.0 Å². The summed E-state index contributed by atoms with van der Waals surface area (Å²) in [4.78, 5) is 15.6. The first-order chi connectivity index (χ1) is 17.6. The van der Waals surface area contributed by atoms with Crippen molar-refractivity contribution in [2.75, 3.05) is 33.4 Å². The number of benzene rings is 3. The fraction of sp³-hybridized carbons (Fsp3) is 0.276. The van der Waals surface area contributed by atoms with Crippen LogP contribution in [0, 0.1) is 0 Å². The van der Waals surface area contributed by atoms with E-state index in [0.29, 0.717) is 23.0 Å². The fourth-order valence-electron chi connectivity index (χ4n) is 4.52. The lowest BCUT2D eigenvalue weighted by Crippen LogP contribution is -2.33. The highest BCUT2D eigenvalue weighted by Crippen LogP contribution is 2.43. The molecular weight excluding hydrogens is 472 g/mol. The van der Waals surface area contributed by atoms with Gasteiger partial charge in [0.05, 0.1) is 12.0 Å². The number of rotatable bonds is 9. The van der Waals surface area contributed by atoms with Crippen LogP contribution < -0.4 is 19.9 Å². The lowest BCUT2D eigenvalue weighted by Gasteiger charge is -2.26. The second kappa shape index (κ2) is 11.0. The van der Waals surface area contributed by atoms with Gasteiger partial charge >= 0.3 is 0 Å². The van der Waals surface area contributed by atoms with Gasteiger partial charge in [0.2, 0.25) is 0 Å². The molecular formula is C29H30N2O4S. The summed E-state index contributed by atoms with van der Waals surface area (Å²) in [5.41, 5.74) is 6.39. The number of nitrogens with zero attached hydrogens (tertiary/aromatic N) is 1. The van der Waals surface area contributed by atoms with E-state index in [1.54, 1.807) is 13.2 Å². The number of methoxy groups -OCH3 is 1. The molecule has 1 aromatic heterocycles. The van der Waals surface area contributed by atoms with Gasteiger partial charge in [0.25, 0.3) is 5.91 Å². The average Bonchev–Trinajstić information content (AvgIpc) is 3.41. The Morgan fingerprint density at radius 2 is 1.67 bits per heavy atom. The minimum Gasteiger partial charge on any atom is -0.497 e. The van der Waals surface area contributed by atoms with Crippen LogP contribution in [0.15, 0.2) is 66.7 Å². The van der Waals surface area contributed by atoms with Gasteiger partial charge in [-0.2, -0.15) is 0 Å². The Morgan fingerprint density at radius 3 is 2.39 bits per heavy atom. The van der Waals surface area contributed by atoms with Gasteiger partial charge in [-0.25, -0.2) is 0 Å². The summed E-state index contributed by atoms with van der Waals surface area (Å²) >= 11 is 1.35. The maximum Gasteiger partial charge on any atom is 0.258 e. The molecule has 4 aromatic rings. The molecule has 1 amide bonds. The van der Waals surface area contributed by atoms with Crippen molar-refractivity contribution in [1.82, 2.24) is 4.90 Å². The highest BCUT2D eigenvalue weighted by molar-refractivity contribution is 7.17. The Morgan fingerprint density at radius 1 is 0.917 bits per heavy atom. The highest BCUT2D eigenvalue weighted by atomic mass is 32.1. The molecule has 36 heavy (non-hydrogen) atoms. The number of primary amides is 1. The minimum atomic E-state index is -0.435. The van der Waals surface area contributed by atoms with Crippen molar-refractivity contribution in [2.45, 2.75) is 19.3 Å². The number of thiophene rings is 1. The van der Waals surface area contributed by atoms with E-state index in [9.17, 15) is 4.79 Å². The van der Waals surface area contributed by atoms with Crippen LogP contribution in [0.25, 0.3) is 21.2 Å². The smallest absolute Gasteiger partial charge is 0.258 e. The normalized spacial score (nSPS) is 14.0. The third-order valence-electron chi connectivity index (χ3n) is 6.46. The number of hydrogen-bond acceptors (Lipinski definition) is 6. The zero-order valence-electron chi connectivity index (χ0n) is 20.4. The second-order valence-electron chi connectivity index (χ2n) is 8.88. The minimum absolute atomic E-state index is 0.435. The Bertz CT molecular complexity index is 1340. The summed E-state index contributed by atoms with van der Waals surface area (Å²) in [6.45, 7) is 3.96. The first-order valence-electron chi connectivity index (χ1n) is 12.2. The zero-order valence-corrected chi connectivity index (χ0v) is 21.2. The molecule has 0 saturated carbocycles. The lowest BCUT2D eigenvalue weighted by atomic mass is 10.0. The molecule has 3 aromatic carbocycles. The van der Waals surface area contributed by atoms with E-state index in [0.717, 1.165) is 39.3 Å². The molecule has 1 fully saturated rings. The molecule has 7 heteroatoms. The monoisotopic (exact) mass is 502 g/mol. The van der Waals surface area contributed by atoms with Crippen LogP contribution >= 0.6 is 11.3 Å². The van der Waals surface area contributed by atoms with Crippen LogP contribution in [0.1, 0.15) is 28.9 Å². The molecule has 0 radical (unpaired) electrons. The molecule has 1 saturated heterocycles. The van der Waals surface area contributed by atoms with Gasteiger partial charge in [-0.1, -0.05) is 12.5 Å². The van der Waals surface area contributed by atoms with Gasteiger partial charge in [-0.3, -0.25) is 9.69 Å². The standard InChI is InChI=1S/C29H30N2O4S/c1-33-23-10-12-24-20(19-23)5-11-25(26-13-14-27(36-26)29(30)32)28(24)35-22-8-6-21(7-9-22)34-18-17-31-15-3-2-4-16-31/h5-14,19H,2-4,15-18H2,1H3,(H2,30,32). The summed E-state index contributed by atoms with van der Waals surface area (Å²) < 4.78 is 17.8. The predicted molar refractivity (Wildman–Crippen MR) is 145 cm³/mol. The molecule has 2 heterocycles. The van der Waals surface area contributed by atoms with E-state index in [4.69, 9.17) is 19.9 Å². The largest absolute Gasteiger partial charge is 0.497 e. The van der Waals surface area contributed by atoms with Crippen LogP contribution in [0.2, 0.25) is 0 Å². The average molecular weight is 503 g/mol. The van der Waals surface area contributed by atoms with Crippen LogP contribution in [-0.4, -0.2) is 44.2 Å². The summed E-state index contributed by atoms with van der Waals surface area (Å²) in [5, 5.41) is 1.95. The molecule has 0 bridgehead atoms. The van der Waals surface area contributed by atoms with E-state index in [2.05, 4.69) is 4.90 Å². The van der Waals surface area contributed by atoms with Crippen LogP contribution in [-0.2, 0) is 0 Å². The molecule has 0 unspecified atom stereocenters. The van der Waals surface area contributed by atoms with Gasteiger partial charge in [-0.15, -0.1) is 11.3 Å². The molecule has 0 atom stereocenters. The Labute approximate surface area is 215 Å². The SMILES string of the molecule is COc1ccc2c(Oc3ccc(OCCN4CCCCC4)cc3)c(-c3ccc(C(N)=O)s3)ccc2c1. The van der Waals surface area contributed by atoms with E-state index in [-0.39, 0.29) is 0 Å². The van der Waals surface area contributed by atoms with Crippen molar-refractivity contribution >= 4 is 28.0 Å². The Hall–Kier alpha value is -3.55. The predicted octanol–water partition coefficient (Wildman–Crippen LogP) is 6.33. The number of amides is 1. The first-order valence-corrected chi connectivity index (χ1v) is 13.1. The van der Waals surface area contributed by atoms with E-state index in [1.165, 1.54) is 43.7 Å². The third kappa shape index (κ3) is 5.48. The van der Waals surface area contributed by atoms with Crippen molar-refractivity contribution in [3.8, 4) is 33.4 Å². The van der Waals surface area contributed by atoms with Crippen molar-refractivity contribution in [2.24, 2.45) is 5.73 Å². The molecule has 5 rings (SSSR count). The summed E-state index contributed by atoms with van der Waals surface area (Å²) in [6.07, 6.45) is 3.90. The number of hydrogen-bond donors (Lipinski definition) is 1. The number of likely N-dealkylation sites (tertiary alicyclic amines) is 1. The van der Waals surface area contributed by atoms with Crippen molar-refractivity contribution in [1.29, 1.82) is 0 Å². The van der Waals surface area contributed by atoms with Gasteiger partial charge < -0.3 is 19.9 Å². The number of nitrogens with two attached hydrogens (primary N) is 1. The highest BCUT2D eigenvalue weighted by Gasteiger charge is 2.16. The van der Waals surface area contributed by atoms with Crippen LogP contribution in [0.5, 0.6) is 23.0 Å². The summed E-state index contributed by atoms with van der Waals surface area (Å²) in [6, 6.07) is 21.3. The van der Waals surface area contributed by atoms with E-state index < -0.39 is 5.91 Å². The summed E-state index contributed by atoms with van der Waals surface area (Å²) in [7, 11) is 1.65. The summed E-state index contributed by atoms with van der Waals surface area (Å²) in [5.74, 6) is 2.59. The van der Waals surface area contributed by atoms with Gasteiger partial charge in [0, 0.05) is 22.4 Å². The van der Waals surface area contributed by atoms with Crippen molar-refractivity contribution in [3.05, 3.63) is 71.6 Å². The third-order valence-corrected chi connectivity index (χ3v) is 7.59.